The Morgan fingerprint density at radius 3 is 2.73 bits per heavy atom. The Balaban J connectivity index is 2.47. The molecule has 7 heteroatoms. The zero-order chi connectivity index (χ0) is 16.3. The summed E-state index contributed by atoms with van der Waals surface area (Å²) in [7, 11) is 3.00. The van der Waals surface area contributed by atoms with Gasteiger partial charge in [-0.25, -0.2) is 0 Å². The van der Waals surface area contributed by atoms with Gasteiger partial charge in [-0.3, -0.25) is 9.69 Å². The van der Waals surface area contributed by atoms with Gasteiger partial charge < -0.3 is 19.9 Å². The maximum atomic E-state index is 11.9. The third-order valence-electron chi connectivity index (χ3n) is 3.93. The largest absolute Gasteiger partial charge is 0.493 e. The molecule has 22 heavy (non-hydrogen) atoms. The number of carbonyl (C=O) groups is 1. The van der Waals surface area contributed by atoms with Crippen LogP contribution in [0.1, 0.15) is 18.5 Å². The summed E-state index contributed by atoms with van der Waals surface area (Å²) in [4.78, 5) is 13.8. The summed E-state index contributed by atoms with van der Waals surface area (Å²) >= 11 is 6.39. The first kappa shape index (κ1) is 16.9. The lowest BCUT2D eigenvalue weighted by Gasteiger charge is -2.38. The molecule has 1 fully saturated rings. The monoisotopic (exact) mass is 328 g/mol. The third kappa shape index (κ3) is 3.14. The van der Waals surface area contributed by atoms with Crippen LogP contribution in [0.4, 0.5) is 0 Å². The van der Waals surface area contributed by atoms with E-state index in [0.717, 1.165) is 13.1 Å². The van der Waals surface area contributed by atoms with Gasteiger partial charge >= 0.3 is 5.97 Å². The lowest BCUT2D eigenvalue weighted by Crippen LogP contribution is -2.52. The number of hydrogen-bond acceptors (Lipinski definition) is 5. The first-order valence-electron chi connectivity index (χ1n) is 7.10. The number of benzene rings is 1. The zero-order valence-corrected chi connectivity index (χ0v) is 13.7. The fourth-order valence-corrected chi connectivity index (χ4v) is 3.15. The van der Waals surface area contributed by atoms with Gasteiger partial charge in [0.2, 0.25) is 0 Å². The smallest absolute Gasteiger partial charge is 0.325 e. The number of carboxylic acids is 1. The second-order valence-electron chi connectivity index (χ2n) is 5.24. The molecular weight excluding hydrogens is 308 g/mol. The van der Waals surface area contributed by atoms with Crippen LogP contribution in [0, 0.1) is 0 Å². The molecule has 122 valence electrons. The minimum atomic E-state index is -0.928. The van der Waals surface area contributed by atoms with E-state index in [2.05, 4.69) is 5.32 Å². The van der Waals surface area contributed by atoms with Gasteiger partial charge in [0.05, 0.1) is 19.2 Å². The maximum Gasteiger partial charge on any atom is 0.325 e. The molecule has 0 spiro atoms. The molecule has 0 aromatic heterocycles. The predicted molar refractivity (Wildman–Crippen MR) is 84.0 cm³/mol. The molecule has 1 heterocycles. The highest BCUT2D eigenvalue weighted by molar-refractivity contribution is 6.33. The van der Waals surface area contributed by atoms with Crippen LogP contribution in [0.15, 0.2) is 12.1 Å². The lowest BCUT2D eigenvalue weighted by atomic mass is 10.0. The minimum absolute atomic E-state index is 0.0963. The van der Waals surface area contributed by atoms with Crippen LogP contribution >= 0.6 is 11.6 Å². The van der Waals surface area contributed by atoms with Crippen LogP contribution in [-0.2, 0) is 4.79 Å². The molecule has 0 bridgehead atoms. The summed E-state index contributed by atoms with van der Waals surface area (Å²) < 4.78 is 10.5. The molecule has 1 aromatic carbocycles. The summed E-state index contributed by atoms with van der Waals surface area (Å²) in [6, 6.07) is 2.66. The highest BCUT2D eigenvalue weighted by Gasteiger charge is 2.34. The molecule has 6 nitrogen and oxygen atoms in total. The molecule has 0 aliphatic carbocycles. The average Bonchev–Trinajstić information content (AvgIpc) is 2.50. The van der Waals surface area contributed by atoms with E-state index in [-0.39, 0.29) is 11.1 Å². The first-order valence-corrected chi connectivity index (χ1v) is 7.48. The molecule has 2 atom stereocenters. The number of carboxylic acid groups (broad SMARTS) is 1. The van der Waals surface area contributed by atoms with Crippen LogP contribution in [0.3, 0.4) is 0 Å². The van der Waals surface area contributed by atoms with E-state index in [1.54, 1.807) is 12.1 Å². The Kier molecular flexibility index (Phi) is 5.50. The summed E-state index contributed by atoms with van der Waals surface area (Å²) in [6.45, 7) is 4.13. The van der Waals surface area contributed by atoms with Crippen molar-refractivity contribution in [3.05, 3.63) is 22.7 Å². The fourth-order valence-electron chi connectivity index (χ4n) is 2.81. The highest BCUT2D eigenvalue weighted by atomic mass is 35.5. The van der Waals surface area contributed by atoms with Crippen LogP contribution in [0.25, 0.3) is 0 Å². The molecule has 2 rings (SSSR count). The normalized spacial score (nSPS) is 20.5. The van der Waals surface area contributed by atoms with E-state index in [4.69, 9.17) is 21.1 Å². The van der Waals surface area contributed by atoms with Gasteiger partial charge in [0.1, 0.15) is 6.04 Å². The van der Waals surface area contributed by atoms with Gasteiger partial charge in [0, 0.05) is 31.2 Å². The van der Waals surface area contributed by atoms with Crippen LogP contribution in [-0.4, -0.2) is 55.9 Å². The molecule has 1 aromatic rings. The van der Waals surface area contributed by atoms with Crippen molar-refractivity contribution in [1.82, 2.24) is 10.2 Å². The van der Waals surface area contributed by atoms with Crippen LogP contribution < -0.4 is 14.8 Å². The number of rotatable bonds is 5. The Hall–Kier alpha value is -1.50. The van der Waals surface area contributed by atoms with E-state index in [1.807, 2.05) is 11.8 Å². The molecule has 0 amide bonds. The molecule has 2 unspecified atom stereocenters. The van der Waals surface area contributed by atoms with E-state index in [9.17, 15) is 9.90 Å². The van der Waals surface area contributed by atoms with Crippen molar-refractivity contribution < 1.29 is 19.4 Å². The van der Waals surface area contributed by atoms with Crippen molar-refractivity contribution in [2.24, 2.45) is 0 Å². The molecule has 1 aliphatic heterocycles. The Bertz CT molecular complexity index is 553. The number of hydrogen-bond donors (Lipinski definition) is 2. The van der Waals surface area contributed by atoms with Crippen molar-refractivity contribution in [3.8, 4) is 11.5 Å². The minimum Gasteiger partial charge on any atom is -0.493 e. The van der Waals surface area contributed by atoms with E-state index >= 15 is 0 Å². The summed E-state index contributed by atoms with van der Waals surface area (Å²) in [5.74, 6) is -0.0904. The maximum absolute atomic E-state index is 11.9. The van der Waals surface area contributed by atoms with Gasteiger partial charge in [0.15, 0.2) is 11.5 Å². The number of halogens is 1. The molecule has 1 saturated heterocycles. The van der Waals surface area contributed by atoms with Gasteiger partial charge in [-0.2, -0.15) is 0 Å². The number of nitrogens with zero attached hydrogens (tertiary/aromatic N) is 1. The summed E-state index contributed by atoms with van der Waals surface area (Å²) in [5, 5.41) is 13.2. The molecular formula is C15H21ClN2O4. The van der Waals surface area contributed by atoms with E-state index in [0.29, 0.717) is 23.6 Å². The summed E-state index contributed by atoms with van der Waals surface area (Å²) in [5.41, 5.74) is 0.514. The van der Waals surface area contributed by atoms with Crippen molar-refractivity contribution in [2.75, 3.05) is 33.9 Å². The molecule has 1 aliphatic rings. The highest BCUT2D eigenvalue weighted by Crippen LogP contribution is 2.41. The second-order valence-corrected chi connectivity index (χ2v) is 5.61. The third-order valence-corrected chi connectivity index (χ3v) is 4.32. The quantitative estimate of drug-likeness (QED) is 0.858. The van der Waals surface area contributed by atoms with Gasteiger partial charge in [-0.1, -0.05) is 17.7 Å². The Morgan fingerprint density at radius 2 is 2.18 bits per heavy atom. The standard InChI is InChI=1S/C15H21ClN2O4/c1-9-8-17-6-7-18(9)13(15(19)20)10-4-5-11(21-2)14(22-3)12(10)16/h4-5,9,13,17H,6-8H2,1-3H3,(H,19,20). The van der Waals surface area contributed by atoms with Crippen molar-refractivity contribution in [1.29, 1.82) is 0 Å². The predicted octanol–water partition coefficient (Wildman–Crippen LogP) is 1.78. The van der Waals surface area contributed by atoms with E-state index < -0.39 is 12.0 Å². The zero-order valence-electron chi connectivity index (χ0n) is 12.9. The van der Waals surface area contributed by atoms with Crippen LogP contribution in [0.5, 0.6) is 11.5 Å². The number of aliphatic carboxylic acids is 1. The van der Waals surface area contributed by atoms with Crippen molar-refractivity contribution in [2.45, 2.75) is 19.0 Å². The van der Waals surface area contributed by atoms with Crippen molar-refractivity contribution in [3.63, 3.8) is 0 Å². The van der Waals surface area contributed by atoms with Gasteiger partial charge in [0.25, 0.3) is 0 Å². The fraction of sp³-hybridized carbons (Fsp3) is 0.533. The first-order chi connectivity index (χ1) is 10.5. The van der Waals surface area contributed by atoms with Crippen molar-refractivity contribution >= 4 is 17.6 Å². The molecule has 2 N–H and O–H groups in total. The Morgan fingerprint density at radius 1 is 1.45 bits per heavy atom. The van der Waals surface area contributed by atoms with E-state index in [1.165, 1.54) is 14.2 Å². The number of ether oxygens (including phenoxy) is 2. The number of methoxy groups -OCH3 is 2. The number of nitrogens with one attached hydrogen (secondary N) is 1. The number of piperazine rings is 1. The lowest BCUT2D eigenvalue weighted by molar-refractivity contribution is -0.145. The average molecular weight is 329 g/mol. The Labute approximate surface area is 135 Å². The summed E-state index contributed by atoms with van der Waals surface area (Å²) in [6.07, 6.45) is 0. The second kappa shape index (κ2) is 7.17. The van der Waals surface area contributed by atoms with Gasteiger partial charge in [-0.15, -0.1) is 0 Å². The molecule has 0 radical (unpaired) electrons. The van der Waals surface area contributed by atoms with Crippen LogP contribution in [0.2, 0.25) is 5.02 Å². The SMILES string of the molecule is COc1ccc(C(C(=O)O)N2CCNCC2C)c(Cl)c1OC. The van der Waals surface area contributed by atoms with Gasteiger partial charge in [-0.05, 0) is 13.0 Å². The topological polar surface area (TPSA) is 71.0 Å². The molecule has 0 saturated carbocycles.